The number of rotatable bonds is 3. The van der Waals surface area contributed by atoms with E-state index in [0.29, 0.717) is 27.8 Å². The minimum Gasteiger partial charge on any atom is -0.487 e. The van der Waals surface area contributed by atoms with Crippen LogP contribution in [0, 0.1) is 0 Å². The van der Waals surface area contributed by atoms with Crippen LogP contribution in [0.4, 0.5) is 5.82 Å². The average molecular weight is 484 g/mol. The highest BCUT2D eigenvalue weighted by atomic mass is 35.5. The first-order valence-corrected chi connectivity index (χ1v) is 10.5. The molecule has 4 aromatic rings. The summed E-state index contributed by atoms with van der Waals surface area (Å²) in [7, 11) is 1.54. The predicted octanol–water partition coefficient (Wildman–Crippen LogP) is 2.65. The molecule has 5 heterocycles. The van der Waals surface area contributed by atoms with Crippen LogP contribution in [0.15, 0.2) is 49.3 Å². The lowest BCUT2D eigenvalue weighted by molar-refractivity contribution is -0.120. The average Bonchev–Trinajstić information content (AvgIpc) is 3.25. The van der Waals surface area contributed by atoms with Crippen molar-refractivity contribution >= 4 is 46.4 Å². The van der Waals surface area contributed by atoms with Gasteiger partial charge in [0.25, 0.3) is 11.8 Å². The monoisotopic (exact) mass is 483 g/mol. The Morgan fingerprint density at radius 3 is 2.91 bits per heavy atom. The van der Waals surface area contributed by atoms with E-state index in [1.54, 1.807) is 31.7 Å². The Morgan fingerprint density at radius 1 is 1.21 bits per heavy atom. The second-order valence-corrected chi connectivity index (χ2v) is 8.08. The molecule has 0 bridgehead atoms. The van der Waals surface area contributed by atoms with Crippen LogP contribution in [0.5, 0.6) is 5.75 Å². The molecular weight excluding hydrogens is 469 g/mol. The van der Waals surface area contributed by atoms with E-state index in [2.05, 4.69) is 25.3 Å². The minimum absolute atomic E-state index is 0.109. The Morgan fingerprint density at radius 2 is 2.06 bits per heavy atom. The molecule has 0 aromatic carbocycles. The maximum Gasteiger partial charge on any atom is 0.289 e. The van der Waals surface area contributed by atoms with Crippen LogP contribution in [0.3, 0.4) is 0 Å². The summed E-state index contributed by atoms with van der Waals surface area (Å²) in [4.78, 5) is 43.7. The van der Waals surface area contributed by atoms with Gasteiger partial charge in [-0.1, -0.05) is 23.2 Å². The van der Waals surface area contributed by atoms with Crippen LogP contribution in [0.1, 0.15) is 10.6 Å². The number of pyridine rings is 2. The second kappa shape index (κ2) is 8.30. The maximum atomic E-state index is 12.9. The first-order chi connectivity index (χ1) is 15.9. The van der Waals surface area contributed by atoms with Gasteiger partial charge in [0, 0.05) is 31.1 Å². The molecule has 1 aliphatic heterocycles. The van der Waals surface area contributed by atoms with E-state index in [4.69, 9.17) is 27.9 Å². The summed E-state index contributed by atoms with van der Waals surface area (Å²) >= 11 is 12.3. The van der Waals surface area contributed by atoms with Gasteiger partial charge in [0.05, 0.1) is 40.0 Å². The number of nitrogens with zero attached hydrogens (tertiary/aromatic N) is 6. The number of likely N-dealkylation sites (N-methyl/N-ethyl adjacent to an activating group) is 1. The number of aromatic nitrogens is 5. The van der Waals surface area contributed by atoms with Gasteiger partial charge < -0.3 is 14.5 Å². The van der Waals surface area contributed by atoms with Gasteiger partial charge in [0.2, 0.25) is 5.82 Å². The molecule has 1 atom stereocenters. The zero-order valence-corrected chi connectivity index (χ0v) is 18.6. The second-order valence-electron chi connectivity index (χ2n) is 7.24. The van der Waals surface area contributed by atoms with Crippen molar-refractivity contribution in [3.8, 4) is 17.0 Å². The number of carbonyl (C=O) groups excluding carboxylic acids is 2. The Hall–Kier alpha value is -3.76. The summed E-state index contributed by atoms with van der Waals surface area (Å²) in [5.41, 5.74) is 1.91. The van der Waals surface area contributed by atoms with Crippen molar-refractivity contribution < 1.29 is 14.3 Å². The summed E-state index contributed by atoms with van der Waals surface area (Å²) in [6.45, 7) is -0.109. The number of hydrogen-bond acceptors (Lipinski definition) is 7. The first kappa shape index (κ1) is 21.1. The van der Waals surface area contributed by atoms with E-state index < -0.39 is 17.9 Å². The Kier molecular flexibility index (Phi) is 5.31. The number of imidazole rings is 1. The Labute approximate surface area is 197 Å². The number of halogens is 2. The molecule has 0 spiro atoms. The SMILES string of the molecule is CN1C(=O)C(NC(=O)c2ncc(Cl)c(-c3ccn4cncc4c3)n2)COc2cc(Cl)cnc21. The van der Waals surface area contributed by atoms with Gasteiger partial charge in [-0.2, -0.15) is 0 Å². The molecule has 0 fully saturated rings. The number of carbonyl (C=O) groups is 2. The van der Waals surface area contributed by atoms with Gasteiger partial charge in [-0.05, 0) is 12.1 Å². The van der Waals surface area contributed by atoms with Gasteiger partial charge in [0.15, 0.2) is 11.6 Å². The van der Waals surface area contributed by atoms with Gasteiger partial charge in [0.1, 0.15) is 12.6 Å². The number of amides is 2. The summed E-state index contributed by atoms with van der Waals surface area (Å²) < 4.78 is 7.50. The molecule has 33 heavy (non-hydrogen) atoms. The first-order valence-electron chi connectivity index (χ1n) is 9.72. The molecule has 0 saturated heterocycles. The van der Waals surface area contributed by atoms with E-state index in [1.165, 1.54) is 17.3 Å². The van der Waals surface area contributed by atoms with Crippen LogP contribution in [0.25, 0.3) is 16.8 Å². The number of nitrogens with one attached hydrogen (secondary N) is 1. The molecule has 0 radical (unpaired) electrons. The summed E-state index contributed by atoms with van der Waals surface area (Å²) in [6, 6.07) is 4.22. The van der Waals surface area contributed by atoms with Crippen LogP contribution in [0.2, 0.25) is 10.0 Å². The molecule has 0 aliphatic carbocycles. The van der Waals surface area contributed by atoms with Crippen molar-refractivity contribution in [3.05, 3.63) is 65.2 Å². The highest BCUT2D eigenvalue weighted by molar-refractivity contribution is 6.33. The minimum atomic E-state index is -0.985. The van der Waals surface area contributed by atoms with Gasteiger partial charge in [-0.3, -0.25) is 14.5 Å². The van der Waals surface area contributed by atoms with E-state index >= 15 is 0 Å². The fourth-order valence-corrected chi connectivity index (χ4v) is 3.77. The van der Waals surface area contributed by atoms with Crippen molar-refractivity contribution in [1.82, 2.24) is 29.7 Å². The van der Waals surface area contributed by atoms with Crippen molar-refractivity contribution in [2.45, 2.75) is 6.04 Å². The molecular formula is C21H15Cl2N7O3. The molecule has 166 valence electrons. The number of fused-ring (bicyclic) bond motifs is 2. The third kappa shape index (κ3) is 3.94. The zero-order chi connectivity index (χ0) is 23.1. The molecule has 10 nitrogen and oxygen atoms in total. The van der Waals surface area contributed by atoms with Gasteiger partial charge in [-0.25, -0.2) is 19.9 Å². The lowest BCUT2D eigenvalue weighted by Crippen LogP contribution is -2.49. The number of hydrogen-bond donors (Lipinski definition) is 1. The Bertz CT molecular complexity index is 1410. The van der Waals surface area contributed by atoms with Crippen molar-refractivity contribution in [1.29, 1.82) is 0 Å². The molecule has 0 saturated carbocycles. The maximum absolute atomic E-state index is 12.9. The molecule has 1 unspecified atom stereocenters. The highest BCUT2D eigenvalue weighted by Gasteiger charge is 2.32. The van der Waals surface area contributed by atoms with Crippen molar-refractivity contribution in [2.75, 3.05) is 18.6 Å². The van der Waals surface area contributed by atoms with Crippen LogP contribution in [-0.2, 0) is 4.79 Å². The molecule has 5 rings (SSSR count). The molecule has 1 aliphatic rings. The van der Waals surface area contributed by atoms with Crippen LogP contribution in [-0.4, -0.2) is 55.8 Å². The summed E-state index contributed by atoms with van der Waals surface area (Å²) in [5.74, 6) is -0.541. The normalized spacial score (nSPS) is 15.7. The fourth-order valence-electron chi connectivity index (χ4n) is 3.43. The van der Waals surface area contributed by atoms with Gasteiger partial charge in [-0.15, -0.1) is 0 Å². The summed E-state index contributed by atoms with van der Waals surface area (Å²) in [5, 5.41) is 3.28. The van der Waals surface area contributed by atoms with Gasteiger partial charge >= 0.3 is 0 Å². The number of anilines is 1. The van der Waals surface area contributed by atoms with Crippen molar-refractivity contribution in [2.24, 2.45) is 0 Å². The van der Waals surface area contributed by atoms with E-state index in [0.717, 1.165) is 5.52 Å². The quantitative estimate of drug-likeness (QED) is 0.476. The molecule has 1 N–H and O–H groups in total. The third-order valence-corrected chi connectivity index (χ3v) is 5.57. The third-order valence-electron chi connectivity index (χ3n) is 5.09. The smallest absolute Gasteiger partial charge is 0.289 e. The van der Waals surface area contributed by atoms with Crippen LogP contribution < -0.4 is 15.0 Å². The largest absolute Gasteiger partial charge is 0.487 e. The fraction of sp³-hybridized carbons (Fsp3) is 0.143. The van der Waals surface area contributed by atoms with E-state index in [1.807, 2.05) is 16.7 Å². The zero-order valence-electron chi connectivity index (χ0n) is 17.1. The molecule has 2 amide bonds. The lowest BCUT2D eigenvalue weighted by Gasteiger charge is -2.19. The number of ether oxygens (including phenoxy) is 1. The molecule has 12 heteroatoms. The van der Waals surface area contributed by atoms with Crippen LogP contribution >= 0.6 is 23.2 Å². The van der Waals surface area contributed by atoms with Crippen molar-refractivity contribution in [3.63, 3.8) is 0 Å². The topological polar surface area (TPSA) is 115 Å². The lowest BCUT2D eigenvalue weighted by atomic mass is 10.1. The predicted molar refractivity (Wildman–Crippen MR) is 121 cm³/mol. The summed E-state index contributed by atoms with van der Waals surface area (Å²) in [6.07, 6.45) is 7.94. The molecule has 4 aromatic heterocycles. The Balaban J connectivity index is 1.40. The standard InChI is InChI=1S/C21H15Cl2N7O3/c1-29-19-16(5-12(22)6-26-19)33-9-15(21(29)32)27-20(31)18-25-8-14(23)17(28-18)11-2-3-30-10-24-7-13(30)4-11/h2-8,10,15H,9H2,1H3,(H,27,31). The highest BCUT2D eigenvalue weighted by Crippen LogP contribution is 2.31. The van der Waals surface area contributed by atoms with E-state index in [9.17, 15) is 9.59 Å². The van der Waals surface area contributed by atoms with E-state index in [-0.39, 0.29) is 17.5 Å².